The number of rotatable bonds is 2. The number of nitrogens with zero attached hydrogens (tertiary/aromatic N) is 3. The van der Waals surface area contributed by atoms with Gasteiger partial charge in [0.2, 0.25) is 11.9 Å². The van der Waals surface area contributed by atoms with Gasteiger partial charge in [0.15, 0.2) is 0 Å². The number of hydrogen-bond donors (Lipinski definition) is 2. The van der Waals surface area contributed by atoms with Crippen LogP contribution in [-0.4, -0.2) is 52.1 Å². The third-order valence-electron chi connectivity index (χ3n) is 3.26. The van der Waals surface area contributed by atoms with Crippen LogP contribution < -0.4 is 11.4 Å². The average Bonchev–Trinajstić information content (AvgIpc) is 2.69. The van der Waals surface area contributed by atoms with Crippen molar-refractivity contribution in [3.05, 3.63) is 52.4 Å². The van der Waals surface area contributed by atoms with E-state index in [-0.39, 0.29) is 11.9 Å². The molecule has 0 saturated carbocycles. The zero-order valence-electron chi connectivity index (χ0n) is 15.4. The summed E-state index contributed by atoms with van der Waals surface area (Å²) in [6.07, 6.45) is 1.34. The zero-order valence-corrected chi connectivity index (χ0v) is 16.2. The molecule has 1 aliphatic heterocycles. The second kappa shape index (κ2) is 11.8. The molecule has 9 heteroatoms. The van der Waals surface area contributed by atoms with Gasteiger partial charge in [-0.3, -0.25) is 9.78 Å². The van der Waals surface area contributed by atoms with E-state index in [4.69, 9.17) is 22.1 Å². The number of carbonyl (C=O) groups excluding carboxylic acids is 1. The fourth-order valence-corrected chi connectivity index (χ4v) is 2.28. The van der Waals surface area contributed by atoms with Gasteiger partial charge in [0.25, 0.3) is 0 Å². The maximum Gasteiger partial charge on any atom is 0.349 e. The van der Waals surface area contributed by atoms with Crippen LogP contribution in [0.2, 0.25) is 5.02 Å². The maximum absolute atomic E-state index is 11.0. The number of carbonyl (C=O) groups is 1. The fourth-order valence-electron chi connectivity index (χ4n) is 2.09. The lowest BCUT2D eigenvalue weighted by Gasteiger charge is -2.25. The van der Waals surface area contributed by atoms with Crippen molar-refractivity contribution in [1.29, 1.82) is 0 Å². The molecule has 0 aliphatic carbocycles. The number of morpholine rings is 1. The number of H-pyrrole nitrogens is 1. The first-order valence-electron chi connectivity index (χ1n) is 8.48. The van der Waals surface area contributed by atoms with E-state index >= 15 is 0 Å². The minimum atomic E-state index is -0.530. The Labute approximate surface area is 163 Å². The van der Waals surface area contributed by atoms with Crippen molar-refractivity contribution in [1.82, 2.24) is 19.9 Å². The summed E-state index contributed by atoms with van der Waals surface area (Å²) in [4.78, 5) is 33.5. The molecule has 2 heterocycles. The fraction of sp³-hybridized carbons (Fsp3) is 0.333. The first kappa shape index (κ1) is 22.3. The van der Waals surface area contributed by atoms with Gasteiger partial charge < -0.3 is 15.4 Å². The molecule has 0 bridgehead atoms. The number of ether oxygens (including phenoxy) is 1. The van der Waals surface area contributed by atoms with Crippen LogP contribution in [0.4, 0.5) is 5.95 Å². The van der Waals surface area contributed by atoms with Gasteiger partial charge >= 0.3 is 5.69 Å². The van der Waals surface area contributed by atoms with Crippen molar-refractivity contribution in [2.45, 2.75) is 13.8 Å². The van der Waals surface area contributed by atoms with Crippen LogP contribution in [0.15, 0.2) is 41.7 Å². The lowest BCUT2D eigenvalue weighted by molar-refractivity contribution is -0.129. The molecule has 1 aliphatic rings. The van der Waals surface area contributed by atoms with E-state index < -0.39 is 5.69 Å². The molecule has 0 unspecified atom stereocenters. The highest BCUT2D eigenvalue weighted by molar-refractivity contribution is 6.30. The van der Waals surface area contributed by atoms with Crippen LogP contribution in [0.25, 0.3) is 11.4 Å². The van der Waals surface area contributed by atoms with Crippen molar-refractivity contribution in [3.63, 3.8) is 0 Å². The smallest absolute Gasteiger partial charge is 0.349 e. The number of aromatic amines is 1. The molecular weight excluding hydrogens is 370 g/mol. The van der Waals surface area contributed by atoms with Gasteiger partial charge in [-0.05, 0) is 18.2 Å². The van der Waals surface area contributed by atoms with Crippen molar-refractivity contribution in [2.75, 3.05) is 32.0 Å². The molecule has 146 valence electrons. The molecule has 3 rings (SSSR count). The summed E-state index contributed by atoms with van der Waals surface area (Å²) in [6, 6.07) is 6.94. The first-order chi connectivity index (χ1) is 13.0. The molecule has 0 atom stereocenters. The van der Waals surface area contributed by atoms with E-state index in [1.54, 1.807) is 29.2 Å². The molecule has 0 spiro atoms. The summed E-state index contributed by atoms with van der Waals surface area (Å²) in [5.74, 6) is 0.298. The number of halogens is 1. The number of hydrogen-bond acceptors (Lipinski definition) is 6. The predicted molar refractivity (Wildman–Crippen MR) is 106 cm³/mol. The molecule has 3 N–H and O–H groups in total. The Hall–Kier alpha value is -2.71. The summed E-state index contributed by atoms with van der Waals surface area (Å²) in [7, 11) is 0. The van der Waals surface area contributed by atoms with Crippen LogP contribution >= 0.6 is 11.6 Å². The van der Waals surface area contributed by atoms with Gasteiger partial charge in [-0.15, -0.1) is 0 Å². The summed E-state index contributed by atoms with van der Waals surface area (Å²) >= 11 is 5.81. The molecule has 2 aromatic rings. The summed E-state index contributed by atoms with van der Waals surface area (Å²) in [6.45, 7) is 10.1. The van der Waals surface area contributed by atoms with Gasteiger partial charge in [0, 0.05) is 23.7 Å². The Morgan fingerprint density at radius 1 is 1.33 bits per heavy atom. The number of amides is 1. The molecule has 8 nitrogen and oxygen atoms in total. The molecule has 27 heavy (non-hydrogen) atoms. The second-order valence-corrected chi connectivity index (χ2v) is 5.45. The monoisotopic (exact) mass is 393 g/mol. The van der Waals surface area contributed by atoms with Crippen molar-refractivity contribution >= 4 is 23.5 Å². The molecule has 1 fully saturated rings. The minimum Gasteiger partial charge on any atom is -0.378 e. The predicted octanol–water partition coefficient (Wildman–Crippen LogP) is 2.12. The van der Waals surface area contributed by atoms with E-state index in [0.717, 1.165) is 0 Å². The quantitative estimate of drug-likeness (QED) is 0.755. The molecule has 0 radical (unpaired) electrons. The lowest BCUT2D eigenvalue weighted by atomic mass is 10.2. The minimum absolute atomic E-state index is 0.00306. The Morgan fingerprint density at radius 2 is 2.00 bits per heavy atom. The second-order valence-electron chi connectivity index (χ2n) is 5.01. The standard InChI is InChI=1S/C9H7ClN4O.C7H11NO2.C2H6/c10-6-3-1-2-5(4-6)7-12-8(11)14-9(15)13-7;1-2-7(9)8-3-5-10-6-4-8;1-2/h1-4H,(H3,11,12,13,14,15);2H,1,3-6H2;1-2H3. The summed E-state index contributed by atoms with van der Waals surface area (Å²) in [5.41, 5.74) is 5.52. The van der Waals surface area contributed by atoms with Gasteiger partial charge in [0.05, 0.1) is 13.2 Å². The third kappa shape index (κ3) is 7.59. The van der Waals surface area contributed by atoms with Gasteiger partial charge in [0.1, 0.15) is 5.82 Å². The number of nitrogens with two attached hydrogens (primary N) is 1. The van der Waals surface area contributed by atoms with Crippen LogP contribution in [0.1, 0.15) is 13.8 Å². The lowest BCUT2D eigenvalue weighted by Crippen LogP contribution is -2.39. The summed E-state index contributed by atoms with van der Waals surface area (Å²) < 4.78 is 5.07. The van der Waals surface area contributed by atoms with E-state index in [2.05, 4.69) is 21.5 Å². The highest BCUT2D eigenvalue weighted by atomic mass is 35.5. The van der Waals surface area contributed by atoms with E-state index in [9.17, 15) is 9.59 Å². The molecule has 1 saturated heterocycles. The summed E-state index contributed by atoms with van der Waals surface area (Å²) in [5, 5.41) is 0.561. The number of benzene rings is 1. The van der Waals surface area contributed by atoms with Crippen molar-refractivity contribution in [2.24, 2.45) is 0 Å². The van der Waals surface area contributed by atoms with Gasteiger partial charge in [-0.25, -0.2) is 4.79 Å². The van der Waals surface area contributed by atoms with Gasteiger partial charge in [-0.2, -0.15) is 9.97 Å². The SMILES string of the molecule is C=CC(=O)N1CCOCC1.CC.Nc1nc(-c2cccc(Cl)c2)[nH]c(=O)n1. The third-order valence-corrected chi connectivity index (χ3v) is 3.50. The Bertz CT molecular complexity index is 804. The number of nitrogens with one attached hydrogen (secondary N) is 1. The van der Waals surface area contributed by atoms with Crippen LogP contribution in [0.5, 0.6) is 0 Å². The number of anilines is 1. The molecule has 1 aromatic carbocycles. The van der Waals surface area contributed by atoms with Crippen molar-refractivity contribution in [3.8, 4) is 11.4 Å². The highest BCUT2D eigenvalue weighted by Gasteiger charge is 2.12. The Morgan fingerprint density at radius 3 is 2.56 bits per heavy atom. The topological polar surface area (TPSA) is 114 Å². The molecule has 1 amide bonds. The Balaban J connectivity index is 0.000000265. The normalized spacial score (nSPS) is 12.8. The van der Waals surface area contributed by atoms with Crippen LogP contribution in [-0.2, 0) is 9.53 Å². The molecular formula is C18H24ClN5O3. The number of aromatic nitrogens is 3. The molecule has 1 aromatic heterocycles. The van der Waals surface area contributed by atoms with Crippen LogP contribution in [0.3, 0.4) is 0 Å². The van der Waals surface area contributed by atoms with Crippen LogP contribution in [0, 0.1) is 0 Å². The number of nitrogen functional groups attached to an aromatic ring is 1. The van der Waals surface area contributed by atoms with E-state index in [1.807, 2.05) is 13.8 Å². The largest absolute Gasteiger partial charge is 0.378 e. The van der Waals surface area contributed by atoms with E-state index in [1.165, 1.54) is 6.08 Å². The maximum atomic E-state index is 11.0. The average molecular weight is 394 g/mol. The zero-order chi connectivity index (χ0) is 20.2. The Kier molecular flexibility index (Phi) is 9.78. The van der Waals surface area contributed by atoms with Gasteiger partial charge in [-0.1, -0.05) is 44.2 Å². The van der Waals surface area contributed by atoms with Crippen molar-refractivity contribution < 1.29 is 9.53 Å². The van der Waals surface area contributed by atoms with E-state index in [0.29, 0.717) is 42.7 Å². The first-order valence-corrected chi connectivity index (χ1v) is 8.86. The highest BCUT2D eigenvalue weighted by Crippen LogP contribution is 2.18.